The molecule has 0 aromatic carbocycles. The molecule has 88 valence electrons. The predicted octanol–water partition coefficient (Wildman–Crippen LogP) is -0.705. The van der Waals surface area contributed by atoms with Crippen molar-refractivity contribution in [2.24, 2.45) is 0 Å². The number of likely N-dealkylation sites (N-methyl/N-ethyl adjacent to an activating group) is 2. The smallest absolute Gasteiger partial charge is 0.320 e. The molecule has 5 heteroatoms. The lowest BCUT2D eigenvalue weighted by Gasteiger charge is -2.38. The van der Waals surface area contributed by atoms with Crippen molar-refractivity contribution in [3.8, 4) is 0 Å². The number of carbonyl (C=O) groups is 1. The van der Waals surface area contributed by atoms with E-state index in [0.29, 0.717) is 6.04 Å². The number of aliphatic carboxylic acids is 1. The highest BCUT2D eigenvalue weighted by Crippen LogP contribution is 2.04. The first-order valence-electron chi connectivity index (χ1n) is 5.35. The van der Waals surface area contributed by atoms with Crippen molar-refractivity contribution in [3.05, 3.63) is 0 Å². The molecule has 0 amide bonds. The van der Waals surface area contributed by atoms with Crippen LogP contribution in [0, 0.1) is 0 Å². The van der Waals surface area contributed by atoms with Gasteiger partial charge in [-0.25, -0.2) is 0 Å². The van der Waals surface area contributed by atoms with Crippen LogP contribution >= 0.6 is 0 Å². The van der Waals surface area contributed by atoms with Gasteiger partial charge in [-0.15, -0.1) is 0 Å². The lowest BCUT2D eigenvalue weighted by atomic mass is 10.2. The molecule has 0 aromatic rings. The molecule has 2 unspecified atom stereocenters. The molecule has 0 spiro atoms. The maximum Gasteiger partial charge on any atom is 0.320 e. The molecule has 0 bridgehead atoms. The molecule has 5 nitrogen and oxygen atoms in total. The van der Waals surface area contributed by atoms with Gasteiger partial charge in [0.2, 0.25) is 0 Å². The Balaban J connectivity index is 2.33. The van der Waals surface area contributed by atoms with Crippen LogP contribution < -0.4 is 5.32 Å². The Morgan fingerprint density at radius 2 is 2.20 bits per heavy atom. The molecule has 0 saturated carbocycles. The molecule has 0 aromatic heterocycles. The first-order valence-corrected chi connectivity index (χ1v) is 5.35. The summed E-state index contributed by atoms with van der Waals surface area (Å²) in [5.41, 5.74) is 0. The third-order valence-electron chi connectivity index (χ3n) is 3.01. The van der Waals surface area contributed by atoms with E-state index in [1.807, 2.05) is 0 Å². The van der Waals surface area contributed by atoms with Crippen molar-refractivity contribution in [2.45, 2.75) is 19.0 Å². The molecule has 1 rings (SSSR count). The summed E-state index contributed by atoms with van der Waals surface area (Å²) in [6, 6.07) is -0.0591. The average molecular weight is 215 g/mol. The van der Waals surface area contributed by atoms with Crippen molar-refractivity contribution in [1.82, 2.24) is 15.1 Å². The fraction of sp³-hybridized carbons (Fsp3) is 0.900. The van der Waals surface area contributed by atoms with Crippen molar-refractivity contribution >= 4 is 5.97 Å². The lowest BCUT2D eigenvalue weighted by Crippen LogP contribution is -2.55. The van der Waals surface area contributed by atoms with Crippen molar-refractivity contribution in [1.29, 1.82) is 0 Å². The van der Waals surface area contributed by atoms with Crippen LogP contribution in [0.5, 0.6) is 0 Å². The zero-order valence-electron chi connectivity index (χ0n) is 9.73. The Kier molecular flexibility index (Phi) is 4.50. The van der Waals surface area contributed by atoms with Gasteiger partial charge in [0.1, 0.15) is 6.04 Å². The van der Waals surface area contributed by atoms with Crippen molar-refractivity contribution in [3.63, 3.8) is 0 Å². The van der Waals surface area contributed by atoms with E-state index in [-0.39, 0.29) is 0 Å². The Hall–Kier alpha value is -0.650. The van der Waals surface area contributed by atoms with Gasteiger partial charge >= 0.3 is 5.97 Å². The largest absolute Gasteiger partial charge is 0.480 e. The molecule has 2 atom stereocenters. The Bertz CT molecular complexity index is 223. The van der Waals surface area contributed by atoms with Gasteiger partial charge in [0.05, 0.1) is 0 Å². The number of nitrogens with one attached hydrogen (secondary N) is 1. The van der Waals surface area contributed by atoms with Gasteiger partial charge in [-0.05, 0) is 21.0 Å². The van der Waals surface area contributed by atoms with Gasteiger partial charge in [0.15, 0.2) is 0 Å². The minimum Gasteiger partial charge on any atom is -0.480 e. The Morgan fingerprint density at radius 3 is 2.80 bits per heavy atom. The van der Waals surface area contributed by atoms with Crippen LogP contribution in [0.3, 0.4) is 0 Å². The van der Waals surface area contributed by atoms with Crippen LogP contribution in [0.4, 0.5) is 0 Å². The summed E-state index contributed by atoms with van der Waals surface area (Å²) in [4.78, 5) is 15.2. The molecule has 15 heavy (non-hydrogen) atoms. The number of piperazine rings is 1. The standard InChI is InChI=1S/C10H21N3O2/c1-8(10(14)15)11-6-9-7-12(2)4-5-13(9)3/h8-9,11H,4-7H2,1-3H3,(H,14,15). The van der Waals surface area contributed by atoms with E-state index in [1.54, 1.807) is 6.92 Å². The minimum absolute atomic E-state index is 0.408. The monoisotopic (exact) mass is 215 g/mol. The van der Waals surface area contributed by atoms with Crippen LogP contribution in [-0.2, 0) is 4.79 Å². The zero-order chi connectivity index (χ0) is 11.4. The normalized spacial score (nSPS) is 26.5. The van der Waals surface area contributed by atoms with E-state index >= 15 is 0 Å². The van der Waals surface area contributed by atoms with Gasteiger partial charge in [-0.3, -0.25) is 9.69 Å². The Labute approximate surface area is 91.0 Å². The average Bonchev–Trinajstić information content (AvgIpc) is 2.18. The first kappa shape index (κ1) is 12.4. The van der Waals surface area contributed by atoms with Crippen LogP contribution in [0.15, 0.2) is 0 Å². The second-order valence-electron chi connectivity index (χ2n) is 4.36. The third-order valence-corrected chi connectivity index (χ3v) is 3.01. The fourth-order valence-electron chi connectivity index (χ4n) is 1.72. The van der Waals surface area contributed by atoms with Gasteiger partial charge in [-0.1, -0.05) is 0 Å². The molecule has 2 N–H and O–H groups in total. The highest BCUT2D eigenvalue weighted by molar-refractivity contribution is 5.72. The minimum atomic E-state index is -0.790. The topological polar surface area (TPSA) is 55.8 Å². The SMILES string of the molecule is CC(NCC1CN(C)CCN1C)C(=O)O. The van der Waals surface area contributed by atoms with Crippen molar-refractivity contribution in [2.75, 3.05) is 40.3 Å². The van der Waals surface area contributed by atoms with Gasteiger partial charge < -0.3 is 15.3 Å². The molecular weight excluding hydrogens is 194 g/mol. The maximum atomic E-state index is 10.6. The summed E-state index contributed by atoms with van der Waals surface area (Å²) >= 11 is 0. The summed E-state index contributed by atoms with van der Waals surface area (Å²) < 4.78 is 0. The molecule has 1 saturated heterocycles. The van der Waals surface area contributed by atoms with Gasteiger partial charge in [0.25, 0.3) is 0 Å². The second-order valence-corrected chi connectivity index (χ2v) is 4.36. The lowest BCUT2D eigenvalue weighted by molar-refractivity contribution is -0.139. The quantitative estimate of drug-likeness (QED) is 0.649. The summed E-state index contributed by atoms with van der Waals surface area (Å²) in [5.74, 6) is -0.790. The van der Waals surface area contributed by atoms with E-state index in [4.69, 9.17) is 5.11 Å². The zero-order valence-corrected chi connectivity index (χ0v) is 9.73. The molecule has 1 aliphatic heterocycles. The van der Waals surface area contributed by atoms with E-state index in [0.717, 1.165) is 26.2 Å². The highest BCUT2D eigenvalue weighted by Gasteiger charge is 2.23. The molecule has 0 radical (unpaired) electrons. The summed E-state index contributed by atoms with van der Waals surface area (Å²) in [6.45, 7) is 5.53. The van der Waals surface area contributed by atoms with Gasteiger partial charge in [-0.2, -0.15) is 0 Å². The number of hydrogen-bond acceptors (Lipinski definition) is 4. The molecule has 0 aliphatic carbocycles. The van der Waals surface area contributed by atoms with E-state index in [1.165, 1.54) is 0 Å². The molecular formula is C10H21N3O2. The van der Waals surface area contributed by atoms with Crippen LogP contribution in [0.2, 0.25) is 0 Å². The van der Waals surface area contributed by atoms with Crippen LogP contribution in [0.25, 0.3) is 0 Å². The molecule has 1 fully saturated rings. The van der Waals surface area contributed by atoms with E-state index in [9.17, 15) is 4.79 Å². The molecule has 1 aliphatic rings. The van der Waals surface area contributed by atoms with Crippen molar-refractivity contribution < 1.29 is 9.90 Å². The number of nitrogens with zero attached hydrogens (tertiary/aromatic N) is 2. The predicted molar refractivity (Wildman–Crippen MR) is 59.0 cm³/mol. The highest BCUT2D eigenvalue weighted by atomic mass is 16.4. The van der Waals surface area contributed by atoms with Crippen LogP contribution in [-0.4, -0.2) is 73.2 Å². The van der Waals surface area contributed by atoms with Crippen LogP contribution in [0.1, 0.15) is 6.92 Å². The maximum absolute atomic E-state index is 10.6. The Morgan fingerprint density at radius 1 is 1.53 bits per heavy atom. The first-order chi connectivity index (χ1) is 7.00. The number of carboxylic acid groups (broad SMARTS) is 1. The summed E-state index contributed by atoms with van der Waals surface area (Å²) in [5, 5.41) is 11.8. The van der Waals surface area contributed by atoms with E-state index < -0.39 is 12.0 Å². The number of rotatable bonds is 4. The third kappa shape index (κ3) is 3.77. The van der Waals surface area contributed by atoms with Gasteiger partial charge in [0, 0.05) is 32.2 Å². The number of hydrogen-bond donors (Lipinski definition) is 2. The molecule has 1 heterocycles. The second kappa shape index (κ2) is 5.44. The number of carboxylic acids is 1. The summed E-state index contributed by atoms with van der Waals surface area (Å²) in [7, 11) is 4.19. The fourth-order valence-corrected chi connectivity index (χ4v) is 1.72. The van der Waals surface area contributed by atoms with E-state index in [2.05, 4.69) is 29.2 Å². The summed E-state index contributed by atoms with van der Waals surface area (Å²) in [6.07, 6.45) is 0.